The minimum absolute atomic E-state index is 0.0492. The van der Waals surface area contributed by atoms with E-state index < -0.39 is 0 Å². The van der Waals surface area contributed by atoms with Crippen LogP contribution in [-0.2, 0) is 0 Å². The van der Waals surface area contributed by atoms with E-state index in [1.807, 2.05) is 40.9 Å². The van der Waals surface area contributed by atoms with Crippen molar-refractivity contribution in [2.45, 2.75) is 51.1 Å². The lowest BCUT2D eigenvalue weighted by molar-refractivity contribution is 0.126. The molecule has 1 aliphatic heterocycles. The van der Waals surface area contributed by atoms with Gasteiger partial charge < -0.3 is 9.64 Å². The number of methoxy groups -OCH3 is 1. The molecule has 1 aromatic heterocycles. The number of hydrogen-bond acceptors (Lipinski definition) is 3. The first-order valence-electron chi connectivity index (χ1n) is 9.43. The van der Waals surface area contributed by atoms with Crippen LogP contribution >= 0.6 is 0 Å². The van der Waals surface area contributed by atoms with E-state index in [0.29, 0.717) is 6.04 Å². The maximum absolute atomic E-state index is 12.9. The fourth-order valence-corrected chi connectivity index (χ4v) is 4.03. The minimum Gasteiger partial charge on any atom is -0.497 e. The molecule has 1 saturated carbocycles. The Hall–Kier alpha value is -2.50. The molecule has 1 saturated heterocycles. The maximum atomic E-state index is 12.9. The van der Waals surface area contributed by atoms with Gasteiger partial charge in [0.1, 0.15) is 11.6 Å². The summed E-state index contributed by atoms with van der Waals surface area (Å²) in [5.41, 5.74) is 2.13. The molecule has 1 N–H and O–H groups in total. The molecule has 6 nitrogen and oxygen atoms in total. The molecule has 1 atom stereocenters. The molecule has 0 spiro atoms. The number of amides is 2. The van der Waals surface area contributed by atoms with Gasteiger partial charge >= 0.3 is 6.03 Å². The van der Waals surface area contributed by atoms with E-state index in [-0.39, 0.29) is 12.1 Å². The molecule has 2 aromatic rings. The largest absolute Gasteiger partial charge is 0.497 e. The normalized spacial score (nSPS) is 20.1. The van der Waals surface area contributed by atoms with Crippen LogP contribution < -0.4 is 10.1 Å². The highest BCUT2D eigenvalue weighted by molar-refractivity contribution is 5.90. The number of benzene rings is 1. The number of anilines is 1. The number of nitrogens with one attached hydrogen (secondary N) is 1. The van der Waals surface area contributed by atoms with Crippen LogP contribution in [-0.4, -0.2) is 34.4 Å². The van der Waals surface area contributed by atoms with Crippen molar-refractivity contribution < 1.29 is 9.53 Å². The van der Waals surface area contributed by atoms with Crippen molar-refractivity contribution in [2.24, 2.45) is 0 Å². The van der Waals surface area contributed by atoms with Crippen LogP contribution in [0.2, 0.25) is 0 Å². The van der Waals surface area contributed by atoms with Crippen LogP contribution in [0.25, 0.3) is 0 Å². The highest BCUT2D eigenvalue weighted by Crippen LogP contribution is 2.36. The fourth-order valence-electron chi connectivity index (χ4n) is 4.03. The predicted octanol–water partition coefficient (Wildman–Crippen LogP) is 4.29. The second kappa shape index (κ2) is 7.02. The van der Waals surface area contributed by atoms with Crippen LogP contribution in [0.3, 0.4) is 0 Å². The van der Waals surface area contributed by atoms with Crippen molar-refractivity contribution in [1.29, 1.82) is 0 Å². The Kier molecular flexibility index (Phi) is 4.57. The summed E-state index contributed by atoms with van der Waals surface area (Å²) in [6, 6.07) is 8.43. The van der Waals surface area contributed by atoms with Gasteiger partial charge in [-0.25, -0.2) is 9.48 Å². The summed E-state index contributed by atoms with van der Waals surface area (Å²) in [6.45, 7) is 2.77. The summed E-state index contributed by atoms with van der Waals surface area (Å²) in [6.07, 6.45) is 7.58. The third kappa shape index (κ3) is 3.04. The SMILES string of the molecule is COc1cccc([C@H]2CCN2C(=O)Nc2c(C)cnn2C2CCCC2)c1. The molecular formula is C20H26N4O2. The molecule has 2 heterocycles. The van der Waals surface area contributed by atoms with Gasteiger partial charge in [-0.2, -0.15) is 5.10 Å². The number of carbonyl (C=O) groups excluding carboxylic acids is 1. The van der Waals surface area contributed by atoms with Crippen LogP contribution in [0.5, 0.6) is 5.75 Å². The zero-order valence-electron chi connectivity index (χ0n) is 15.4. The van der Waals surface area contributed by atoms with Gasteiger partial charge in [-0.15, -0.1) is 0 Å². The predicted molar refractivity (Wildman–Crippen MR) is 101 cm³/mol. The fraction of sp³-hybridized carbons (Fsp3) is 0.500. The van der Waals surface area contributed by atoms with E-state index in [1.54, 1.807) is 7.11 Å². The van der Waals surface area contributed by atoms with Crippen LogP contribution in [0.15, 0.2) is 30.5 Å². The summed E-state index contributed by atoms with van der Waals surface area (Å²) >= 11 is 0. The molecule has 1 aromatic carbocycles. The molecule has 4 rings (SSSR count). The van der Waals surface area contributed by atoms with Crippen molar-refractivity contribution in [1.82, 2.24) is 14.7 Å². The van der Waals surface area contributed by atoms with Crippen molar-refractivity contribution >= 4 is 11.8 Å². The molecule has 1 aliphatic carbocycles. The lowest BCUT2D eigenvalue weighted by Gasteiger charge is -2.41. The third-order valence-corrected chi connectivity index (χ3v) is 5.63. The number of nitrogens with zero attached hydrogens (tertiary/aromatic N) is 3. The number of aromatic nitrogens is 2. The molecule has 2 aliphatic rings. The lowest BCUT2D eigenvalue weighted by Crippen LogP contribution is -2.47. The molecule has 2 fully saturated rings. The monoisotopic (exact) mass is 354 g/mol. The van der Waals surface area contributed by atoms with Crippen molar-refractivity contribution in [3.63, 3.8) is 0 Å². The zero-order valence-corrected chi connectivity index (χ0v) is 15.4. The maximum Gasteiger partial charge on any atom is 0.323 e. The highest BCUT2D eigenvalue weighted by atomic mass is 16.5. The molecule has 0 unspecified atom stereocenters. The molecule has 0 radical (unpaired) electrons. The Morgan fingerprint density at radius 3 is 2.77 bits per heavy atom. The Balaban J connectivity index is 1.49. The van der Waals surface area contributed by atoms with Crippen molar-refractivity contribution in [3.05, 3.63) is 41.6 Å². The summed E-state index contributed by atoms with van der Waals surface area (Å²) in [4.78, 5) is 14.8. The van der Waals surface area contributed by atoms with Gasteiger partial charge in [-0.1, -0.05) is 25.0 Å². The average Bonchev–Trinajstić information content (AvgIpc) is 3.25. The smallest absolute Gasteiger partial charge is 0.323 e. The van der Waals surface area contributed by atoms with Crippen molar-refractivity contribution in [3.8, 4) is 5.75 Å². The Labute approximate surface area is 154 Å². The van der Waals surface area contributed by atoms with Gasteiger partial charge in [0, 0.05) is 12.1 Å². The first-order valence-corrected chi connectivity index (χ1v) is 9.43. The highest BCUT2D eigenvalue weighted by Gasteiger charge is 2.34. The number of carbonyl (C=O) groups is 1. The molecule has 6 heteroatoms. The lowest BCUT2D eigenvalue weighted by atomic mass is 9.95. The number of hydrogen-bond donors (Lipinski definition) is 1. The van der Waals surface area contributed by atoms with Gasteiger partial charge in [-0.3, -0.25) is 5.32 Å². The first-order chi connectivity index (χ1) is 12.7. The van der Waals surface area contributed by atoms with E-state index in [1.165, 1.54) is 12.8 Å². The van der Waals surface area contributed by atoms with Crippen LogP contribution in [0.1, 0.15) is 55.3 Å². The second-order valence-electron chi connectivity index (χ2n) is 7.26. The van der Waals surface area contributed by atoms with Gasteiger partial charge in [0.25, 0.3) is 0 Å². The quantitative estimate of drug-likeness (QED) is 0.891. The second-order valence-corrected chi connectivity index (χ2v) is 7.26. The van der Waals surface area contributed by atoms with E-state index >= 15 is 0 Å². The molecular weight excluding hydrogens is 328 g/mol. The molecule has 138 valence electrons. The number of urea groups is 1. The number of aryl methyl sites for hydroxylation is 1. The topological polar surface area (TPSA) is 59.4 Å². The summed E-state index contributed by atoms with van der Waals surface area (Å²) < 4.78 is 7.33. The zero-order chi connectivity index (χ0) is 18.1. The molecule has 26 heavy (non-hydrogen) atoms. The first kappa shape index (κ1) is 16.9. The van der Waals surface area contributed by atoms with E-state index in [4.69, 9.17) is 4.74 Å². The van der Waals surface area contributed by atoms with Crippen LogP contribution in [0, 0.1) is 6.92 Å². The van der Waals surface area contributed by atoms with E-state index in [0.717, 1.165) is 48.5 Å². The average molecular weight is 354 g/mol. The van der Waals surface area contributed by atoms with Gasteiger partial charge in [0.2, 0.25) is 0 Å². The Morgan fingerprint density at radius 1 is 1.27 bits per heavy atom. The number of ether oxygens (including phenoxy) is 1. The molecule has 2 amide bonds. The van der Waals surface area contributed by atoms with E-state index in [2.05, 4.69) is 16.5 Å². The number of likely N-dealkylation sites (tertiary alicyclic amines) is 1. The summed E-state index contributed by atoms with van der Waals surface area (Å²) in [5, 5.41) is 7.64. The van der Waals surface area contributed by atoms with Gasteiger partial charge in [0.15, 0.2) is 0 Å². The van der Waals surface area contributed by atoms with E-state index in [9.17, 15) is 4.79 Å². The van der Waals surface area contributed by atoms with Crippen LogP contribution in [0.4, 0.5) is 10.6 Å². The third-order valence-electron chi connectivity index (χ3n) is 5.63. The summed E-state index contributed by atoms with van der Waals surface area (Å²) in [5.74, 6) is 1.67. The van der Waals surface area contributed by atoms with Gasteiger partial charge in [0.05, 0.1) is 25.4 Å². The van der Waals surface area contributed by atoms with Crippen molar-refractivity contribution in [2.75, 3.05) is 19.0 Å². The standard InChI is InChI=1S/C20H26N4O2/c1-14-13-21-24(16-7-3-4-8-16)19(14)22-20(25)23-11-10-18(23)15-6-5-9-17(12-15)26-2/h5-6,9,12-13,16,18H,3-4,7-8,10-11H2,1-2H3,(H,22,25)/t18-/m1/s1. The molecule has 0 bridgehead atoms. The van der Waals surface area contributed by atoms with Gasteiger partial charge in [-0.05, 0) is 43.9 Å². The minimum atomic E-state index is -0.0492. The Bertz CT molecular complexity index is 795. The number of rotatable bonds is 4. The Morgan fingerprint density at radius 2 is 2.08 bits per heavy atom. The summed E-state index contributed by atoms with van der Waals surface area (Å²) in [7, 11) is 1.66.